The zero-order chi connectivity index (χ0) is 17.5. The van der Waals surface area contributed by atoms with Crippen molar-refractivity contribution in [3.05, 3.63) is 24.3 Å². The maximum atomic E-state index is 12.2. The number of benzene rings is 1. The quantitative estimate of drug-likeness (QED) is 0.835. The number of alkyl halides is 2. The van der Waals surface area contributed by atoms with Crippen LogP contribution in [0.4, 0.5) is 19.3 Å². The molecular formula is C16H20F2N2O4. The van der Waals surface area contributed by atoms with Crippen molar-refractivity contribution in [1.82, 2.24) is 4.90 Å². The third-order valence-corrected chi connectivity index (χ3v) is 3.73. The van der Waals surface area contributed by atoms with Crippen LogP contribution in [-0.4, -0.2) is 43.2 Å². The van der Waals surface area contributed by atoms with E-state index in [0.717, 1.165) is 0 Å². The molecule has 0 unspecified atom stereocenters. The van der Waals surface area contributed by atoms with E-state index in [1.807, 2.05) is 0 Å². The van der Waals surface area contributed by atoms with Crippen molar-refractivity contribution in [2.24, 2.45) is 5.92 Å². The molecule has 1 fully saturated rings. The summed E-state index contributed by atoms with van der Waals surface area (Å²) in [6, 6.07) is 5.39. The van der Waals surface area contributed by atoms with Gasteiger partial charge in [-0.15, -0.1) is 0 Å². The number of nitrogens with zero attached hydrogens (tertiary/aromatic N) is 1. The number of urea groups is 1. The Morgan fingerprint density at radius 3 is 2.42 bits per heavy atom. The van der Waals surface area contributed by atoms with E-state index >= 15 is 0 Å². The highest BCUT2D eigenvalue weighted by atomic mass is 19.3. The summed E-state index contributed by atoms with van der Waals surface area (Å²) in [4.78, 5) is 25.5. The summed E-state index contributed by atoms with van der Waals surface area (Å²) in [6.07, 6.45) is 1.13. The van der Waals surface area contributed by atoms with Crippen LogP contribution < -0.4 is 10.1 Å². The predicted molar refractivity (Wildman–Crippen MR) is 83.0 cm³/mol. The van der Waals surface area contributed by atoms with Gasteiger partial charge in [0.1, 0.15) is 5.75 Å². The first kappa shape index (κ1) is 18.0. The van der Waals surface area contributed by atoms with Crippen LogP contribution in [-0.2, 0) is 9.53 Å². The fourth-order valence-electron chi connectivity index (χ4n) is 2.50. The number of likely N-dealkylation sites (tertiary alicyclic amines) is 1. The molecule has 8 heteroatoms. The molecule has 1 aliphatic rings. The molecule has 0 atom stereocenters. The van der Waals surface area contributed by atoms with E-state index in [9.17, 15) is 18.4 Å². The van der Waals surface area contributed by atoms with Gasteiger partial charge in [0, 0.05) is 18.8 Å². The molecule has 0 aromatic heterocycles. The molecule has 0 saturated carbocycles. The number of nitrogens with one attached hydrogen (secondary N) is 1. The van der Waals surface area contributed by atoms with Crippen molar-refractivity contribution in [3.63, 3.8) is 0 Å². The van der Waals surface area contributed by atoms with Crippen molar-refractivity contribution < 1.29 is 27.8 Å². The minimum absolute atomic E-state index is 0.0262. The van der Waals surface area contributed by atoms with E-state index in [0.29, 0.717) is 38.2 Å². The second kappa shape index (κ2) is 8.47. The number of hydrogen-bond acceptors (Lipinski definition) is 4. The number of ether oxygens (including phenoxy) is 2. The molecule has 1 aromatic carbocycles. The lowest BCUT2D eigenvalue weighted by molar-refractivity contribution is -0.149. The summed E-state index contributed by atoms with van der Waals surface area (Å²) in [6.45, 7) is 0.151. The molecule has 0 aliphatic carbocycles. The number of halogens is 2. The number of anilines is 1. The van der Waals surface area contributed by atoms with E-state index < -0.39 is 6.61 Å². The molecule has 0 spiro atoms. The Morgan fingerprint density at radius 2 is 1.88 bits per heavy atom. The molecule has 0 radical (unpaired) electrons. The summed E-state index contributed by atoms with van der Waals surface area (Å²) in [7, 11) is 0. The van der Waals surface area contributed by atoms with Crippen molar-refractivity contribution in [2.75, 3.05) is 25.0 Å². The zero-order valence-corrected chi connectivity index (χ0v) is 13.3. The molecule has 1 saturated heterocycles. The third-order valence-electron chi connectivity index (χ3n) is 3.73. The van der Waals surface area contributed by atoms with Gasteiger partial charge < -0.3 is 19.7 Å². The number of esters is 1. The van der Waals surface area contributed by atoms with Gasteiger partial charge in [0.25, 0.3) is 0 Å². The number of rotatable bonds is 5. The van der Waals surface area contributed by atoms with Crippen molar-refractivity contribution in [1.29, 1.82) is 0 Å². The zero-order valence-electron chi connectivity index (χ0n) is 13.3. The highest BCUT2D eigenvalue weighted by molar-refractivity contribution is 5.89. The molecule has 6 nitrogen and oxygen atoms in total. The number of piperidine rings is 1. The Labute approximate surface area is 138 Å². The molecule has 24 heavy (non-hydrogen) atoms. The monoisotopic (exact) mass is 342 g/mol. The molecule has 1 heterocycles. The maximum absolute atomic E-state index is 12.2. The standard InChI is InChI=1S/C16H20F2N2O4/c1-2-23-14(21)11-7-9-20(10-8-11)16(22)19-12-3-5-13(6-4-12)24-15(17)18/h3-6,11,15H,2,7-10H2,1H3,(H,19,22). The second-order valence-corrected chi connectivity index (χ2v) is 5.35. The lowest BCUT2D eigenvalue weighted by Crippen LogP contribution is -2.42. The topological polar surface area (TPSA) is 67.9 Å². The Balaban J connectivity index is 1.82. The Bertz CT molecular complexity index is 558. The molecule has 1 aliphatic heterocycles. The fourth-order valence-corrected chi connectivity index (χ4v) is 2.50. The summed E-state index contributed by atoms with van der Waals surface area (Å²) >= 11 is 0. The first-order chi connectivity index (χ1) is 11.5. The van der Waals surface area contributed by atoms with Crippen LogP contribution in [0.3, 0.4) is 0 Å². The smallest absolute Gasteiger partial charge is 0.387 e. The van der Waals surface area contributed by atoms with Gasteiger partial charge in [0.2, 0.25) is 0 Å². The van der Waals surface area contributed by atoms with E-state index in [-0.39, 0.29) is 23.7 Å². The van der Waals surface area contributed by atoms with Gasteiger partial charge in [-0.1, -0.05) is 0 Å². The van der Waals surface area contributed by atoms with Gasteiger partial charge in [0.15, 0.2) is 0 Å². The average molecular weight is 342 g/mol. The van der Waals surface area contributed by atoms with Gasteiger partial charge in [-0.2, -0.15) is 8.78 Å². The molecule has 0 bridgehead atoms. The first-order valence-electron chi connectivity index (χ1n) is 7.77. The summed E-state index contributed by atoms with van der Waals surface area (Å²) in [5.41, 5.74) is 0.481. The van der Waals surface area contributed by atoms with Crippen LogP contribution in [0.1, 0.15) is 19.8 Å². The van der Waals surface area contributed by atoms with Gasteiger partial charge in [0.05, 0.1) is 12.5 Å². The number of carbonyl (C=O) groups excluding carboxylic acids is 2. The first-order valence-corrected chi connectivity index (χ1v) is 7.77. The van der Waals surface area contributed by atoms with Gasteiger partial charge in [-0.05, 0) is 44.0 Å². The van der Waals surface area contributed by atoms with Crippen LogP contribution in [0.15, 0.2) is 24.3 Å². The Hall–Kier alpha value is -2.38. The lowest BCUT2D eigenvalue weighted by Gasteiger charge is -2.30. The third kappa shape index (κ3) is 5.07. The van der Waals surface area contributed by atoms with Crippen LogP contribution >= 0.6 is 0 Å². The molecule has 2 rings (SSSR count). The molecule has 1 N–H and O–H groups in total. The average Bonchev–Trinajstić information content (AvgIpc) is 2.56. The molecule has 2 amide bonds. The van der Waals surface area contributed by atoms with Crippen LogP contribution in [0, 0.1) is 5.92 Å². The van der Waals surface area contributed by atoms with E-state index in [1.165, 1.54) is 24.3 Å². The van der Waals surface area contributed by atoms with Gasteiger partial charge >= 0.3 is 18.6 Å². The largest absolute Gasteiger partial charge is 0.466 e. The molecule has 1 aromatic rings. The number of amides is 2. The molecular weight excluding hydrogens is 322 g/mol. The summed E-state index contributed by atoms with van der Waals surface area (Å²) < 4.78 is 33.4. The van der Waals surface area contributed by atoms with Gasteiger partial charge in [-0.3, -0.25) is 4.79 Å². The fraction of sp³-hybridized carbons (Fsp3) is 0.500. The highest BCUT2D eigenvalue weighted by Crippen LogP contribution is 2.21. The second-order valence-electron chi connectivity index (χ2n) is 5.35. The summed E-state index contributed by atoms with van der Waals surface area (Å²) in [5.74, 6) is -0.356. The minimum Gasteiger partial charge on any atom is -0.466 e. The Kier molecular flexibility index (Phi) is 6.34. The predicted octanol–water partition coefficient (Wildman–Crippen LogP) is 3.10. The van der Waals surface area contributed by atoms with Crippen LogP contribution in [0.2, 0.25) is 0 Å². The van der Waals surface area contributed by atoms with Crippen LogP contribution in [0.25, 0.3) is 0 Å². The van der Waals surface area contributed by atoms with Crippen molar-refractivity contribution in [2.45, 2.75) is 26.4 Å². The van der Waals surface area contributed by atoms with Crippen LogP contribution in [0.5, 0.6) is 5.75 Å². The lowest BCUT2D eigenvalue weighted by atomic mass is 9.97. The summed E-state index contributed by atoms with van der Waals surface area (Å²) in [5, 5.41) is 2.69. The maximum Gasteiger partial charge on any atom is 0.387 e. The minimum atomic E-state index is -2.88. The van der Waals surface area contributed by atoms with E-state index in [2.05, 4.69) is 10.1 Å². The number of hydrogen-bond donors (Lipinski definition) is 1. The Morgan fingerprint density at radius 1 is 1.25 bits per heavy atom. The molecule has 132 valence electrons. The van der Waals surface area contributed by atoms with Gasteiger partial charge in [-0.25, -0.2) is 4.79 Å². The van der Waals surface area contributed by atoms with Crippen molar-refractivity contribution in [3.8, 4) is 5.75 Å². The normalized spacial score (nSPS) is 15.2. The van der Waals surface area contributed by atoms with Crippen molar-refractivity contribution >= 4 is 17.7 Å². The van der Waals surface area contributed by atoms with E-state index in [1.54, 1.807) is 11.8 Å². The number of carbonyl (C=O) groups is 2. The SMILES string of the molecule is CCOC(=O)C1CCN(C(=O)Nc2ccc(OC(F)F)cc2)CC1. The highest BCUT2D eigenvalue weighted by Gasteiger charge is 2.28. The van der Waals surface area contributed by atoms with E-state index in [4.69, 9.17) is 4.74 Å².